The molecule has 4 nitrogen and oxygen atoms in total. The number of hydrogen-bond acceptors (Lipinski definition) is 2. The highest BCUT2D eigenvalue weighted by Crippen LogP contribution is 2.37. The molecule has 1 heterocycles. The Balaban J connectivity index is 2.19. The van der Waals surface area contributed by atoms with Crippen molar-refractivity contribution in [1.29, 1.82) is 0 Å². The number of fused-ring (bicyclic) bond motifs is 1. The Morgan fingerprint density at radius 2 is 2.28 bits per heavy atom. The van der Waals surface area contributed by atoms with Crippen molar-refractivity contribution in [3.63, 3.8) is 0 Å². The summed E-state index contributed by atoms with van der Waals surface area (Å²) in [5.41, 5.74) is 0.847. The summed E-state index contributed by atoms with van der Waals surface area (Å²) in [6, 6.07) is 4.66. The number of para-hydroxylation sites is 1. The van der Waals surface area contributed by atoms with Gasteiger partial charge in [0.1, 0.15) is 17.9 Å². The summed E-state index contributed by atoms with van der Waals surface area (Å²) in [5, 5.41) is 8.97. The van der Waals surface area contributed by atoms with E-state index in [9.17, 15) is 9.18 Å². The first-order valence-corrected chi connectivity index (χ1v) is 6.03. The predicted molar refractivity (Wildman–Crippen MR) is 63.9 cm³/mol. The molecule has 1 N–H and O–H groups in total. The molecule has 2 aromatic rings. The average molecular weight is 248 g/mol. The van der Waals surface area contributed by atoms with Gasteiger partial charge in [-0.3, -0.25) is 4.79 Å². The van der Waals surface area contributed by atoms with Crippen LogP contribution in [0.15, 0.2) is 18.2 Å². The maximum absolute atomic E-state index is 13.7. The molecule has 5 heteroatoms. The number of carboxylic acids is 1. The largest absolute Gasteiger partial charge is 0.480 e. The van der Waals surface area contributed by atoms with Crippen molar-refractivity contribution < 1.29 is 14.3 Å². The van der Waals surface area contributed by atoms with Gasteiger partial charge in [0.25, 0.3) is 0 Å². The highest BCUT2D eigenvalue weighted by atomic mass is 19.1. The molecule has 1 aromatic carbocycles. The highest BCUT2D eigenvalue weighted by molar-refractivity contribution is 5.79. The lowest BCUT2D eigenvalue weighted by Gasteiger charge is -2.25. The van der Waals surface area contributed by atoms with E-state index in [0.717, 1.165) is 19.3 Å². The molecule has 0 unspecified atom stereocenters. The first-order chi connectivity index (χ1) is 8.66. The van der Waals surface area contributed by atoms with E-state index in [-0.39, 0.29) is 18.0 Å². The summed E-state index contributed by atoms with van der Waals surface area (Å²) in [6.45, 7) is -0.161. The van der Waals surface area contributed by atoms with Gasteiger partial charge in [0.15, 0.2) is 5.82 Å². The second-order valence-corrected chi connectivity index (χ2v) is 4.69. The number of rotatable bonds is 3. The monoisotopic (exact) mass is 248 g/mol. The van der Waals surface area contributed by atoms with Gasteiger partial charge in [-0.2, -0.15) is 0 Å². The van der Waals surface area contributed by atoms with E-state index in [1.165, 1.54) is 6.07 Å². The van der Waals surface area contributed by atoms with Crippen molar-refractivity contribution in [2.75, 3.05) is 0 Å². The number of carbonyl (C=O) groups is 1. The van der Waals surface area contributed by atoms with Crippen molar-refractivity contribution in [2.24, 2.45) is 0 Å². The van der Waals surface area contributed by atoms with E-state index in [1.54, 1.807) is 16.7 Å². The summed E-state index contributed by atoms with van der Waals surface area (Å²) in [5.74, 6) is -0.337. The zero-order valence-electron chi connectivity index (χ0n) is 9.77. The van der Waals surface area contributed by atoms with Gasteiger partial charge in [-0.15, -0.1) is 0 Å². The molecule has 1 aromatic heterocycles. The van der Waals surface area contributed by atoms with E-state index < -0.39 is 11.8 Å². The van der Waals surface area contributed by atoms with Crippen LogP contribution in [0.2, 0.25) is 0 Å². The molecule has 0 radical (unpaired) electrons. The molecule has 1 saturated carbocycles. The molecular formula is C13H13FN2O2. The third kappa shape index (κ3) is 1.66. The number of nitrogens with zero attached hydrogens (tertiary/aromatic N) is 2. The zero-order chi connectivity index (χ0) is 12.7. The van der Waals surface area contributed by atoms with Gasteiger partial charge in [-0.05, 0) is 25.0 Å². The van der Waals surface area contributed by atoms with Crippen LogP contribution in [0, 0.1) is 5.82 Å². The van der Waals surface area contributed by atoms with Crippen LogP contribution in [0.3, 0.4) is 0 Å². The summed E-state index contributed by atoms with van der Waals surface area (Å²) in [4.78, 5) is 15.2. The quantitative estimate of drug-likeness (QED) is 0.908. The minimum atomic E-state index is -0.931. The van der Waals surface area contributed by atoms with Crippen LogP contribution in [-0.4, -0.2) is 20.6 Å². The van der Waals surface area contributed by atoms with Crippen molar-refractivity contribution >= 4 is 17.0 Å². The fourth-order valence-corrected chi connectivity index (χ4v) is 2.41. The standard InChI is InChI=1S/C13H13FN2O2/c14-9-5-2-6-10-12(9)15-13(8-3-1-4-8)16(10)7-11(17)18/h2,5-6,8H,1,3-4,7H2,(H,17,18). The normalized spacial score (nSPS) is 15.8. The van der Waals surface area contributed by atoms with Crippen LogP contribution in [-0.2, 0) is 11.3 Å². The number of imidazole rings is 1. The van der Waals surface area contributed by atoms with Crippen LogP contribution in [0.5, 0.6) is 0 Å². The van der Waals surface area contributed by atoms with E-state index in [1.807, 2.05) is 0 Å². The Labute approximate surface area is 103 Å². The maximum atomic E-state index is 13.7. The van der Waals surface area contributed by atoms with Crippen molar-refractivity contribution in [1.82, 2.24) is 9.55 Å². The fourth-order valence-electron chi connectivity index (χ4n) is 2.41. The summed E-state index contributed by atoms with van der Waals surface area (Å²) in [6.07, 6.45) is 3.14. The molecule has 0 spiro atoms. The Morgan fingerprint density at radius 1 is 1.50 bits per heavy atom. The number of hydrogen-bond donors (Lipinski definition) is 1. The Morgan fingerprint density at radius 3 is 2.89 bits per heavy atom. The SMILES string of the molecule is O=C(O)Cn1c(C2CCC2)nc2c(F)cccc21. The molecular weight excluding hydrogens is 235 g/mol. The topological polar surface area (TPSA) is 55.1 Å². The average Bonchev–Trinajstić information content (AvgIpc) is 2.57. The minimum Gasteiger partial charge on any atom is -0.480 e. The third-order valence-electron chi connectivity index (χ3n) is 3.52. The first-order valence-electron chi connectivity index (χ1n) is 6.03. The molecule has 0 saturated heterocycles. The van der Waals surface area contributed by atoms with Crippen LogP contribution in [0.1, 0.15) is 31.0 Å². The molecule has 18 heavy (non-hydrogen) atoms. The van der Waals surface area contributed by atoms with E-state index in [2.05, 4.69) is 4.98 Å². The van der Waals surface area contributed by atoms with Gasteiger partial charge in [0.05, 0.1) is 5.52 Å². The molecule has 0 atom stereocenters. The Hall–Kier alpha value is -1.91. The Kier molecular flexibility index (Phi) is 2.54. The summed E-state index contributed by atoms with van der Waals surface area (Å²) < 4.78 is 15.3. The Bertz CT molecular complexity index is 617. The van der Waals surface area contributed by atoms with Crippen LogP contribution in [0.4, 0.5) is 4.39 Å². The molecule has 3 rings (SSSR count). The number of halogens is 1. The molecule has 0 amide bonds. The van der Waals surface area contributed by atoms with Crippen molar-refractivity contribution in [3.8, 4) is 0 Å². The molecule has 0 bridgehead atoms. The van der Waals surface area contributed by atoms with Gasteiger partial charge in [-0.1, -0.05) is 12.5 Å². The molecule has 94 valence electrons. The molecule has 1 aliphatic carbocycles. The fraction of sp³-hybridized carbons (Fsp3) is 0.385. The lowest BCUT2D eigenvalue weighted by atomic mass is 9.85. The van der Waals surface area contributed by atoms with Gasteiger partial charge in [0, 0.05) is 5.92 Å². The smallest absolute Gasteiger partial charge is 0.323 e. The van der Waals surface area contributed by atoms with Crippen LogP contribution in [0.25, 0.3) is 11.0 Å². The number of aromatic nitrogens is 2. The second-order valence-electron chi connectivity index (χ2n) is 4.69. The third-order valence-corrected chi connectivity index (χ3v) is 3.52. The number of benzene rings is 1. The second kappa shape index (κ2) is 4.08. The molecule has 1 fully saturated rings. The van der Waals surface area contributed by atoms with E-state index >= 15 is 0 Å². The number of carboxylic acid groups (broad SMARTS) is 1. The minimum absolute atomic E-state index is 0.161. The van der Waals surface area contributed by atoms with Crippen LogP contribution >= 0.6 is 0 Å². The van der Waals surface area contributed by atoms with Crippen LogP contribution < -0.4 is 0 Å². The summed E-state index contributed by atoms with van der Waals surface area (Å²) >= 11 is 0. The lowest BCUT2D eigenvalue weighted by molar-refractivity contribution is -0.137. The van der Waals surface area contributed by atoms with Gasteiger partial charge >= 0.3 is 5.97 Å². The van der Waals surface area contributed by atoms with E-state index in [4.69, 9.17) is 5.11 Å². The first kappa shape index (κ1) is 11.2. The van der Waals surface area contributed by atoms with Gasteiger partial charge < -0.3 is 9.67 Å². The van der Waals surface area contributed by atoms with Crippen molar-refractivity contribution in [2.45, 2.75) is 31.7 Å². The van der Waals surface area contributed by atoms with E-state index in [0.29, 0.717) is 11.3 Å². The molecule has 1 aliphatic rings. The molecule has 0 aliphatic heterocycles. The summed E-state index contributed by atoms with van der Waals surface area (Å²) in [7, 11) is 0. The van der Waals surface area contributed by atoms with Crippen molar-refractivity contribution in [3.05, 3.63) is 29.8 Å². The lowest BCUT2D eigenvalue weighted by Crippen LogP contribution is -2.18. The maximum Gasteiger partial charge on any atom is 0.323 e. The predicted octanol–water partition coefficient (Wildman–Crippen LogP) is 2.53. The number of aliphatic carboxylic acids is 1. The van der Waals surface area contributed by atoms with Gasteiger partial charge in [-0.25, -0.2) is 9.37 Å². The zero-order valence-corrected chi connectivity index (χ0v) is 9.77. The highest BCUT2D eigenvalue weighted by Gasteiger charge is 2.27. The van der Waals surface area contributed by atoms with Gasteiger partial charge in [0.2, 0.25) is 0 Å².